The average Bonchev–Trinajstić information content (AvgIpc) is 2.80. The second-order valence-electron chi connectivity index (χ2n) is 7.44. The van der Waals surface area contributed by atoms with Crippen LogP contribution in [-0.4, -0.2) is 30.5 Å². The molecule has 0 aliphatic heterocycles. The summed E-state index contributed by atoms with van der Waals surface area (Å²) in [7, 11) is -2.57. The SMILES string of the molecule is CNc1cc2nc(C)c(-c3cccc(NS(=O)(=O)c4cc(Cl)cc(CO)c4Cl)c3F)cc2cn1. The number of aliphatic hydroxyl groups excluding tert-OH is 1. The molecule has 0 unspecified atom stereocenters. The van der Waals surface area contributed by atoms with Gasteiger partial charge in [0.15, 0.2) is 5.82 Å². The highest BCUT2D eigenvalue weighted by molar-refractivity contribution is 7.92. The van der Waals surface area contributed by atoms with Crippen LogP contribution in [0.3, 0.4) is 0 Å². The fourth-order valence-electron chi connectivity index (χ4n) is 3.52. The summed E-state index contributed by atoms with van der Waals surface area (Å²) in [5.41, 5.74) is 1.77. The van der Waals surface area contributed by atoms with E-state index in [0.29, 0.717) is 28.0 Å². The van der Waals surface area contributed by atoms with Crippen molar-refractivity contribution in [3.8, 4) is 11.1 Å². The van der Waals surface area contributed by atoms with Crippen molar-refractivity contribution >= 4 is 55.6 Å². The van der Waals surface area contributed by atoms with Gasteiger partial charge in [0.05, 0.1) is 22.8 Å². The van der Waals surface area contributed by atoms with E-state index in [1.165, 1.54) is 24.3 Å². The number of fused-ring (bicyclic) bond motifs is 1. The molecule has 0 saturated carbocycles. The molecule has 34 heavy (non-hydrogen) atoms. The molecule has 0 amide bonds. The lowest BCUT2D eigenvalue weighted by Gasteiger charge is -2.15. The van der Waals surface area contributed by atoms with Crippen LogP contribution in [0.15, 0.2) is 53.6 Å². The summed E-state index contributed by atoms with van der Waals surface area (Å²) >= 11 is 12.1. The third-order valence-corrected chi connectivity index (χ3v) is 7.38. The van der Waals surface area contributed by atoms with Gasteiger partial charge in [-0.2, -0.15) is 0 Å². The molecule has 0 bridgehead atoms. The molecule has 0 atom stereocenters. The quantitative estimate of drug-likeness (QED) is 0.315. The Balaban J connectivity index is 1.78. The van der Waals surface area contributed by atoms with Crippen LogP contribution in [0, 0.1) is 12.7 Å². The number of nitrogens with zero attached hydrogens (tertiary/aromatic N) is 2. The number of rotatable bonds is 6. The van der Waals surface area contributed by atoms with Gasteiger partial charge in [0.1, 0.15) is 10.7 Å². The monoisotopic (exact) mass is 520 g/mol. The number of nitrogens with one attached hydrogen (secondary N) is 2. The summed E-state index contributed by atoms with van der Waals surface area (Å²) < 4.78 is 43.8. The zero-order chi connectivity index (χ0) is 24.6. The number of anilines is 2. The van der Waals surface area contributed by atoms with Gasteiger partial charge in [-0.3, -0.25) is 9.71 Å². The third-order valence-electron chi connectivity index (χ3n) is 5.22. The smallest absolute Gasteiger partial charge is 0.263 e. The fourth-order valence-corrected chi connectivity index (χ4v) is 5.51. The number of benzene rings is 2. The molecule has 7 nitrogen and oxygen atoms in total. The zero-order valence-corrected chi connectivity index (χ0v) is 20.4. The van der Waals surface area contributed by atoms with Gasteiger partial charge < -0.3 is 10.4 Å². The van der Waals surface area contributed by atoms with E-state index in [4.69, 9.17) is 23.2 Å². The van der Waals surface area contributed by atoms with E-state index in [-0.39, 0.29) is 31.8 Å². The second kappa shape index (κ2) is 9.34. The Morgan fingerprint density at radius 1 is 1.12 bits per heavy atom. The summed E-state index contributed by atoms with van der Waals surface area (Å²) in [5.74, 6) is -0.130. The highest BCUT2D eigenvalue weighted by Gasteiger charge is 2.24. The van der Waals surface area contributed by atoms with E-state index in [0.717, 1.165) is 6.07 Å². The Bertz CT molecular complexity index is 1530. The highest BCUT2D eigenvalue weighted by Crippen LogP contribution is 2.35. The van der Waals surface area contributed by atoms with E-state index in [1.807, 2.05) is 0 Å². The predicted molar refractivity (Wildman–Crippen MR) is 132 cm³/mol. The predicted octanol–water partition coefficient (Wildman–Crippen LogP) is 5.39. The van der Waals surface area contributed by atoms with E-state index in [2.05, 4.69) is 20.0 Å². The van der Waals surface area contributed by atoms with E-state index in [1.54, 1.807) is 32.3 Å². The van der Waals surface area contributed by atoms with Gasteiger partial charge in [0.25, 0.3) is 10.0 Å². The van der Waals surface area contributed by atoms with Crippen molar-refractivity contribution in [2.45, 2.75) is 18.4 Å². The standard InChI is InChI=1S/C23H19Cl2FN4O3S/c1-12-17(7-13-10-28-21(27-2)9-19(13)29-12)16-4-3-5-18(23(16)26)30-34(32,33)20-8-15(24)6-14(11-31)22(20)25/h3-10,30-31H,11H2,1-2H3,(H,27,28). The van der Waals surface area contributed by atoms with Gasteiger partial charge in [-0.05, 0) is 36.8 Å². The van der Waals surface area contributed by atoms with Crippen LogP contribution in [0.2, 0.25) is 10.0 Å². The lowest BCUT2D eigenvalue weighted by molar-refractivity contribution is 0.281. The van der Waals surface area contributed by atoms with Crippen LogP contribution < -0.4 is 10.0 Å². The lowest BCUT2D eigenvalue weighted by Crippen LogP contribution is -2.15. The largest absolute Gasteiger partial charge is 0.392 e. The topological polar surface area (TPSA) is 104 Å². The number of sulfonamides is 1. The molecule has 0 radical (unpaired) electrons. The molecule has 0 aliphatic rings. The molecule has 0 aliphatic carbocycles. The molecular weight excluding hydrogens is 502 g/mol. The average molecular weight is 521 g/mol. The minimum Gasteiger partial charge on any atom is -0.392 e. The Labute approximate surface area is 205 Å². The molecule has 2 aromatic heterocycles. The number of pyridine rings is 2. The van der Waals surface area contributed by atoms with Crippen molar-refractivity contribution in [3.63, 3.8) is 0 Å². The van der Waals surface area contributed by atoms with Crippen molar-refractivity contribution in [3.05, 3.63) is 75.8 Å². The van der Waals surface area contributed by atoms with E-state index in [9.17, 15) is 13.5 Å². The highest BCUT2D eigenvalue weighted by atomic mass is 35.5. The summed E-state index contributed by atoms with van der Waals surface area (Å²) in [6, 6.07) is 10.4. The van der Waals surface area contributed by atoms with Gasteiger partial charge >= 0.3 is 0 Å². The first-order valence-corrected chi connectivity index (χ1v) is 12.2. The van der Waals surface area contributed by atoms with Gasteiger partial charge in [-0.15, -0.1) is 0 Å². The number of aromatic nitrogens is 2. The van der Waals surface area contributed by atoms with Crippen molar-refractivity contribution in [2.75, 3.05) is 17.1 Å². The molecule has 4 aromatic rings. The Morgan fingerprint density at radius 2 is 1.88 bits per heavy atom. The fraction of sp³-hybridized carbons (Fsp3) is 0.130. The van der Waals surface area contributed by atoms with E-state index < -0.39 is 22.4 Å². The minimum atomic E-state index is -4.32. The molecule has 2 heterocycles. The summed E-state index contributed by atoms with van der Waals surface area (Å²) in [6.45, 7) is 1.23. The van der Waals surface area contributed by atoms with Crippen LogP contribution >= 0.6 is 23.2 Å². The van der Waals surface area contributed by atoms with Crippen LogP contribution in [0.5, 0.6) is 0 Å². The summed E-state index contributed by atoms with van der Waals surface area (Å²) in [6.07, 6.45) is 1.63. The third kappa shape index (κ3) is 4.52. The molecule has 11 heteroatoms. The van der Waals surface area contributed by atoms with Crippen molar-refractivity contribution in [1.29, 1.82) is 0 Å². The number of halogens is 3. The molecular formula is C23H19Cl2FN4O3S. The van der Waals surface area contributed by atoms with E-state index >= 15 is 4.39 Å². The Hall–Kier alpha value is -2.98. The first kappa shape index (κ1) is 24.2. The first-order chi connectivity index (χ1) is 16.1. The Kier molecular flexibility index (Phi) is 6.64. The molecule has 0 saturated heterocycles. The van der Waals surface area contributed by atoms with Gasteiger partial charge in [-0.25, -0.2) is 17.8 Å². The van der Waals surface area contributed by atoms with Crippen LogP contribution in [-0.2, 0) is 16.6 Å². The van der Waals surface area contributed by atoms with Crippen LogP contribution in [0.1, 0.15) is 11.3 Å². The van der Waals surface area contributed by atoms with Gasteiger partial charge in [-0.1, -0.05) is 35.3 Å². The minimum absolute atomic E-state index is 0.0657. The second-order valence-corrected chi connectivity index (χ2v) is 9.91. The number of hydrogen-bond acceptors (Lipinski definition) is 6. The number of aliphatic hydroxyl groups is 1. The molecule has 2 aromatic carbocycles. The van der Waals surface area contributed by atoms with Crippen molar-refractivity contribution < 1.29 is 17.9 Å². The summed E-state index contributed by atoms with van der Waals surface area (Å²) in [4.78, 5) is 8.45. The van der Waals surface area contributed by atoms with Crippen LogP contribution in [0.4, 0.5) is 15.9 Å². The lowest BCUT2D eigenvalue weighted by atomic mass is 10.0. The maximum atomic E-state index is 15.5. The Morgan fingerprint density at radius 3 is 2.59 bits per heavy atom. The van der Waals surface area contributed by atoms with Gasteiger partial charge in [0, 0.05) is 46.5 Å². The maximum absolute atomic E-state index is 15.5. The van der Waals surface area contributed by atoms with Crippen LogP contribution in [0.25, 0.3) is 22.0 Å². The van der Waals surface area contributed by atoms with Gasteiger partial charge in [0.2, 0.25) is 0 Å². The normalized spacial score (nSPS) is 11.6. The summed E-state index contributed by atoms with van der Waals surface area (Å²) in [5, 5.41) is 12.9. The van der Waals surface area contributed by atoms with Crippen molar-refractivity contribution in [1.82, 2.24) is 9.97 Å². The molecule has 0 fully saturated rings. The molecule has 3 N–H and O–H groups in total. The molecule has 4 rings (SSSR count). The molecule has 176 valence electrons. The first-order valence-electron chi connectivity index (χ1n) is 10.00. The maximum Gasteiger partial charge on any atom is 0.263 e. The number of hydrogen-bond donors (Lipinski definition) is 3. The number of aryl methyl sites for hydroxylation is 1. The zero-order valence-electron chi connectivity index (χ0n) is 18.0. The van der Waals surface area contributed by atoms with Crippen molar-refractivity contribution in [2.24, 2.45) is 0 Å². The molecule has 0 spiro atoms.